The lowest BCUT2D eigenvalue weighted by atomic mass is 9.85. The van der Waals surface area contributed by atoms with Crippen LogP contribution >= 0.6 is 0 Å². The molecule has 1 aromatic carbocycles. The van der Waals surface area contributed by atoms with Crippen LogP contribution in [-0.4, -0.2) is 22.3 Å². The van der Waals surface area contributed by atoms with Crippen LogP contribution in [0.25, 0.3) is 11.5 Å². The fourth-order valence-electron chi connectivity index (χ4n) is 4.30. The molecule has 4 rings (SSSR count). The van der Waals surface area contributed by atoms with Crippen molar-refractivity contribution in [1.82, 2.24) is 15.5 Å². The van der Waals surface area contributed by atoms with E-state index in [9.17, 15) is 4.79 Å². The number of aromatic nitrogens is 2. The van der Waals surface area contributed by atoms with E-state index in [-0.39, 0.29) is 6.03 Å². The molecule has 31 heavy (non-hydrogen) atoms. The first-order chi connectivity index (χ1) is 15.2. The Hall–Kier alpha value is -3.06. The second-order valence-electron chi connectivity index (χ2n) is 8.40. The van der Waals surface area contributed by atoms with Gasteiger partial charge in [-0.15, -0.1) is 0 Å². The van der Waals surface area contributed by atoms with Gasteiger partial charge in [-0.25, -0.2) is 4.79 Å². The highest BCUT2D eigenvalue weighted by atomic mass is 16.3. The fraction of sp³-hybridized carbons (Fsp3) is 0.417. The van der Waals surface area contributed by atoms with Crippen molar-refractivity contribution in [2.75, 3.05) is 10.6 Å². The molecule has 7 nitrogen and oxygen atoms in total. The highest BCUT2D eigenvalue weighted by Gasteiger charge is 2.17. The molecule has 0 spiro atoms. The van der Waals surface area contributed by atoms with Crippen molar-refractivity contribution in [3.8, 4) is 11.5 Å². The van der Waals surface area contributed by atoms with Crippen molar-refractivity contribution in [3.63, 3.8) is 0 Å². The molecule has 0 saturated heterocycles. The number of para-hydroxylation sites is 1. The first-order valence-electron chi connectivity index (χ1n) is 11.2. The van der Waals surface area contributed by atoms with Crippen LogP contribution in [0.1, 0.15) is 51.0 Å². The number of nitrogens with zero attached hydrogens (tertiary/aromatic N) is 1. The lowest BCUT2D eigenvalue weighted by molar-refractivity contribution is 0.262. The van der Waals surface area contributed by atoms with Crippen LogP contribution in [-0.2, 0) is 6.54 Å². The normalized spacial score (nSPS) is 15.5. The molecule has 2 heterocycles. The zero-order chi connectivity index (χ0) is 21.5. The second kappa shape index (κ2) is 10.3. The van der Waals surface area contributed by atoms with Crippen molar-refractivity contribution < 1.29 is 9.21 Å². The lowest BCUT2D eigenvalue weighted by Gasteiger charge is -2.25. The zero-order valence-electron chi connectivity index (χ0n) is 18.0. The van der Waals surface area contributed by atoms with Gasteiger partial charge in [0.1, 0.15) is 5.69 Å². The average molecular weight is 422 g/mol. The van der Waals surface area contributed by atoms with Crippen molar-refractivity contribution in [2.45, 2.75) is 58.0 Å². The lowest BCUT2D eigenvalue weighted by Crippen LogP contribution is -2.29. The Bertz CT molecular complexity index is 960. The zero-order valence-corrected chi connectivity index (χ0v) is 18.0. The van der Waals surface area contributed by atoms with Gasteiger partial charge in [0.05, 0.1) is 6.26 Å². The maximum Gasteiger partial charge on any atom is 0.324 e. The predicted molar refractivity (Wildman–Crippen MR) is 123 cm³/mol. The molecule has 2 aromatic heterocycles. The quantitative estimate of drug-likeness (QED) is 0.372. The molecule has 3 aromatic rings. The molecule has 4 N–H and O–H groups in total. The molecule has 1 fully saturated rings. The molecular weight excluding hydrogens is 390 g/mol. The topological polar surface area (TPSA) is 95.0 Å². The number of benzene rings is 1. The van der Waals surface area contributed by atoms with E-state index >= 15 is 0 Å². The van der Waals surface area contributed by atoms with E-state index in [0.717, 1.165) is 23.7 Å². The summed E-state index contributed by atoms with van der Waals surface area (Å²) in [6.07, 6.45) is 9.67. The Morgan fingerprint density at radius 3 is 2.81 bits per heavy atom. The summed E-state index contributed by atoms with van der Waals surface area (Å²) in [7, 11) is 0. The Labute approximate surface area is 183 Å². The minimum Gasteiger partial charge on any atom is -0.463 e. The number of carbonyl (C=O) groups is 1. The third-order valence-electron chi connectivity index (χ3n) is 5.92. The van der Waals surface area contributed by atoms with E-state index in [1.807, 2.05) is 30.3 Å². The van der Waals surface area contributed by atoms with Crippen LogP contribution in [0.15, 0.2) is 53.1 Å². The van der Waals surface area contributed by atoms with E-state index in [1.54, 1.807) is 18.4 Å². The Kier molecular flexibility index (Phi) is 7.04. The number of aromatic amines is 1. The minimum absolute atomic E-state index is 0.333. The second-order valence-corrected chi connectivity index (χ2v) is 8.40. The molecule has 1 saturated carbocycles. The van der Waals surface area contributed by atoms with Crippen LogP contribution < -0.4 is 16.0 Å². The van der Waals surface area contributed by atoms with E-state index in [2.05, 4.69) is 33.1 Å². The highest BCUT2D eigenvalue weighted by Crippen LogP contribution is 2.27. The summed E-state index contributed by atoms with van der Waals surface area (Å²) in [5.41, 5.74) is 2.56. The minimum atomic E-state index is -0.333. The number of anilines is 2. The smallest absolute Gasteiger partial charge is 0.324 e. The molecule has 1 atom stereocenters. The SMILES string of the molecule is C[C@@H](CC1CCCCC1)NCc1ccccc1NC(=O)Nc1cc(-c2ccco2)[nH]n1. The molecule has 0 unspecified atom stereocenters. The van der Waals surface area contributed by atoms with Crippen molar-refractivity contribution in [2.24, 2.45) is 5.92 Å². The van der Waals surface area contributed by atoms with Gasteiger partial charge in [0.15, 0.2) is 11.6 Å². The molecule has 0 radical (unpaired) electrons. The maximum atomic E-state index is 12.5. The molecule has 164 valence electrons. The van der Waals surface area contributed by atoms with Gasteiger partial charge in [0, 0.05) is 24.3 Å². The van der Waals surface area contributed by atoms with E-state index in [4.69, 9.17) is 4.42 Å². The van der Waals surface area contributed by atoms with Crippen LogP contribution in [0, 0.1) is 5.92 Å². The third kappa shape index (κ3) is 5.98. The average Bonchev–Trinajstić information content (AvgIpc) is 3.46. The number of carbonyl (C=O) groups excluding carboxylic acids is 1. The highest BCUT2D eigenvalue weighted by molar-refractivity contribution is 5.99. The third-order valence-corrected chi connectivity index (χ3v) is 5.92. The Morgan fingerprint density at radius 1 is 1.16 bits per heavy atom. The number of amides is 2. The van der Waals surface area contributed by atoms with Crippen LogP contribution in [0.5, 0.6) is 0 Å². The van der Waals surface area contributed by atoms with E-state index < -0.39 is 0 Å². The molecule has 0 aliphatic heterocycles. The Morgan fingerprint density at radius 2 is 2.00 bits per heavy atom. The standard InChI is InChI=1S/C24H31N5O2/c1-17(14-18-8-3-2-4-9-18)25-16-19-10-5-6-11-20(19)26-24(30)27-23-15-21(28-29-23)22-12-7-13-31-22/h5-7,10-13,15,17-18,25H,2-4,8-9,14,16H2,1H3,(H3,26,27,28,29,30)/t17-/m0/s1. The summed E-state index contributed by atoms with van der Waals surface area (Å²) >= 11 is 0. The van der Waals surface area contributed by atoms with Crippen LogP contribution in [0.4, 0.5) is 16.3 Å². The molecule has 2 amide bonds. The monoisotopic (exact) mass is 421 g/mol. The summed E-state index contributed by atoms with van der Waals surface area (Å²) in [4.78, 5) is 12.5. The van der Waals surface area contributed by atoms with Gasteiger partial charge in [0.2, 0.25) is 0 Å². The molecule has 0 bridgehead atoms. The molecule has 1 aliphatic carbocycles. The number of urea groups is 1. The first kappa shape index (κ1) is 21.2. The number of rotatable bonds is 8. The van der Waals surface area contributed by atoms with Crippen molar-refractivity contribution in [3.05, 3.63) is 54.3 Å². The summed E-state index contributed by atoms with van der Waals surface area (Å²) in [6.45, 7) is 2.97. The maximum absolute atomic E-state index is 12.5. The van der Waals surface area contributed by atoms with Crippen molar-refractivity contribution >= 4 is 17.5 Å². The van der Waals surface area contributed by atoms with Crippen LogP contribution in [0.3, 0.4) is 0 Å². The van der Waals surface area contributed by atoms with Gasteiger partial charge in [0.25, 0.3) is 0 Å². The number of hydrogen-bond donors (Lipinski definition) is 4. The van der Waals surface area contributed by atoms with Gasteiger partial charge in [-0.05, 0) is 43.0 Å². The summed E-state index contributed by atoms with van der Waals surface area (Å²) in [6, 6.07) is 13.4. The largest absolute Gasteiger partial charge is 0.463 e. The van der Waals surface area contributed by atoms with Gasteiger partial charge in [-0.3, -0.25) is 10.4 Å². The van der Waals surface area contributed by atoms with E-state index in [0.29, 0.717) is 23.3 Å². The summed E-state index contributed by atoms with van der Waals surface area (Å²) in [5.74, 6) is 1.94. The molecule has 1 aliphatic rings. The number of hydrogen-bond acceptors (Lipinski definition) is 4. The Balaban J connectivity index is 1.30. The first-order valence-corrected chi connectivity index (χ1v) is 11.2. The number of furan rings is 1. The predicted octanol–water partition coefficient (Wildman–Crippen LogP) is 5.76. The van der Waals surface area contributed by atoms with Gasteiger partial charge in [-0.1, -0.05) is 50.3 Å². The van der Waals surface area contributed by atoms with Gasteiger partial charge < -0.3 is 15.1 Å². The van der Waals surface area contributed by atoms with Gasteiger partial charge >= 0.3 is 6.03 Å². The molecular formula is C24H31N5O2. The van der Waals surface area contributed by atoms with Crippen molar-refractivity contribution in [1.29, 1.82) is 0 Å². The fourth-order valence-corrected chi connectivity index (χ4v) is 4.30. The number of H-pyrrole nitrogens is 1. The number of nitrogens with one attached hydrogen (secondary N) is 4. The summed E-state index contributed by atoms with van der Waals surface area (Å²) < 4.78 is 5.34. The van der Waals surface area contributed by atoms with Crippen LogP contribution in [0.2, 0.25) is 0 Å². The van der Waals surface area contributed by atoms with Gasteiger partial charge in [-0.2, -0.15) is 5.10 Å². The van der Waals surface area contributed by atoms with E-state index in [1.165, 1.54) is 38.5 Å². The molecule has 7 heteroatoms. The summed E-state index contributed by atoms with van der Waals surface area (Å²) in [5, 5.41) is 16.3.